The first kappa shape index (κ1) is 24.2. The number of hydrogen-bond donors (Lipinski definition) is 3. The Bertz CT molecular complexity index is 251. The summed E-state index contributed by atoms with van der Waals surface area (Å²) in [4.78, 5) is 19.3. The Morgan fingerprint density at radius 2 is 1.29 bits per heavy atom. The second-order valence-corrected chi connectivity index (χ2v) is 4.41. The number of nitrogens with one attached hydrogen (secondary N) is 1. The normalized spacial score (nSPS) is 8.52. The lowest BCUT2D eigenvalue weighted by atomic mass is 10.1. The number of nitrogens with two attached hydrogens (primary N) is 2. The van der Waals surface area contributed by atoms with Crippen LogP contribution in [0.1, 0.15) is 65.7 Å². The van der Waals surface area contributed by atoms with Crippen molar-refractivity contribution in [2.45, 2.75) is 65.7 Å². The molecule has 0 amide bonds. The van der Waals surface area contributed by atoms with Crippen molar-refractivity contribution in [2.75, 3.05) is 6.61 Å². The van der Waals surface area contributed by atoms with Crippen LogP contribution < -0.4 is 11.5 Å². The van der Waals surface area contributed by atoms with Crippen LogP contribution in [0.15, 0.2) is 0 Å². The van der Waals surface area contributed by atoms with Crippen molar-refractivity contribution in [3.63, 3.8) is 0 Å². The first-order chi connectivity index (χ1) is 9.73. The van der Waals surface area contributed by atoms with E-state index in [4.69, 9.17) is 20.0 Å². The van der Waals surface area contributed by atoms with Crippen LogP contribution >= 0.6 is 0 Å². The highest BCUT2D eigenvalue weighted by molar-refractivity contribution is 5.71. The lowest BCUT2D eigenvalue weighted by molar-refractivity contribution is -0.141. The Hall–Kier alpha value is -1.79. The van der Waals surface area contributed by atoms with Crippen LogP contribution in [0.4, 0.5) is 0 Å². The molecule has 0 atom stereocenters. The van der Waals surface area contributed by atoms with Crippen LogP contribution in [0, 0.1) is 5.41 Å². The molecule has 1 radical (unpaired) electrons. The van der Waals surface area contributed by atoms with Crippen LogP contribution in [0.25, 0.3) is 0 Å². The number of esters is 1. The fraction of sp³-hybridized carbons (Fsp3) is 0.786. The Morgan fingerprint density at radius 1 is 0.952 bits per heavy atom. The van der Waals surface area contributed by atoms with E-state index in [2.05, 4.69) is 18.4 Å². The van der Waals surface area contributed by atoms with Gasteiger partial charge in [-0.2, -0.15) is 0 Å². The van der Waals surface area contributed by atoms with Gasteiger partial charge in [0.15, 0.2) is 5.96 Å². The Morgan fingerprint density at radius 3 is 1.62 bits per heavy atom. The third-order valence-corrected chi connectivity index (χ3v) is 2.05. The predicted molar refractivity (Wildman–Crippen MR) is 82.1 cm³/mol. The van der Waals surface area contributed by atoms with Crippen LogP contribution in [0.5, 0.6) is 0 Å². The van der Waals surface area contributed by atoms with E-state index in [1.165, 1.54) is 45.4 Å². The van der Waals surface area contributed by atoms with Crippen molar-refractivity contribution in [3.8, 4) is 0 Å². The molecule has 5 N–H and O–H groups in total. The zero-order valence-electron chi connectivity index (χ0n) is 13.4. The van der Waals surface area contributed by atoms with Crippen molar-refractivity contribution in [2.24, 2.45) is 11.5 Å². The lowest BCUT2D eigenvalue weighted by Crippen LogP contribution is -2.20. The predicted octanol–water partition coefficient (Wildman–Crippen LogP) is 2.10. The monoisotopic (exact) mass is 304 g/mol. The molecule has 0 aromatic heterocycles. The van der Waals surface area contributed by atoms with Crippen molar-refractivity contribution in [1.82, 2.24) is 0 Å². The summed E-state index contributed by atoms with van der Waals surface area (Å²) in [5.41, 5.74) is 8.94. The highest BCUT2D eigenvalue weighted by Gasteiger charge is 1.93. The molecule has 0 aliphatic heterocycles. The van der Waals surface area contributed by atoms with Crippen LogP contribution in [0.3, 0.4) is 0 Å². The standard InChI is InChI=1S/C11H22O2.C2H3O2.CH5N3/c1-3-4-5-6-7-8-9-10-13-11(2)12;1-2(3)4;2-1(3)4/h3-10H2,1-2H3;1H3;(H5,2,3,4). The summed E-state index contributed by atoms with van der Waals surface area (Å²) in [5.74, 6) is -1.58. The molecule has 0 spiro atoms. The lowest BCUT2D eigenvalue weighted by Gasteiger charge is -2.01. The van der Waals surface area contributed by atoms with Gasteiger partial charge in [0.05, 0.1) is 6.61 Å². The SMILES string of the molecule is CC([O])=O.CCCCCCCCCOC(C)=O.N=C(N)N. The number of rotatable bonds is 8. The number of ether oxygens (including phenoxy) is 1. The summed E-state index contributed by atoms with van der Waals surface area (Å²) < 4.78 is 4.83. The molecule has 0 saturated carbocycles. The minimum absolute atomic E-state index is 0.161. The number of guanidine groups is 1. The maximum absolute atomic E-state index is 10.4. The molecule has 0 aliphatic carbocycles. The molecule has 7 heteroatoms. The van der Waals surface area contributed by atoms with E-state index < -0.39 is 5.97 Å². The van der Waals surface area contributed by atoms with E-state index in [9.17, 15) is 4.79 Å². The Balaban J connectivity index is -0.000000334. The van der Waals surface area contributed by atoms with Crippen molar-refractivity contribution >= 4 is 17.9 Å². The van der Waals surface area contributed by atoms with Gasteiger partial charge < -0.3 is 16.2 Å². The number of carbonyl (C=O) groups is 2. The van der Waals surface area contributed by atoms with Gasteiger partial charge in [0, 0.05) is 13.8 Å². The second kappa shape index (κ2) is 20.5. The van der Waals surface area contributed by atoms with Gasteiger partial charge in [0.1, 0.15) is 0 Å². The molecule has 0 fully saturated rings. The molecular formula is C14H30N3O4. The van der Waals surface area contributed by atoms with Crippen LogP contribution in [-0.2, 0) is 19.4 Å². The van der Waals surface area contributed by atoms with E-state index in [1.54, 1.807) is 0 Å². The first-order valence-corrected chi connectivity index (χ1v) is 7.14. The first-order valence-electron chi connectivity index (χ1n) is 7.14. The van der Waals surface area contributed by atoms with Crippen molar-refractivity contribution < 1.29 is 19.4 Å². The zero-order chi connectivity index (χ0) is 17.1. The fourth-order valence-electron chi connectivity index (χ4n) is 1.28. The van der Waals surface area contributed by atoms with Crippen molar-refractivity contribution in [3.05, 3.63) is 0 Å². The maximum Gasteiger partial charge on any atom is 0.352 e. The molecule has 0 unspecified atom stereocenters. The summed E-state index contributed by atoms with van der Waals surface area (Å²) in [6.07, 6.45) is 8.82. The van der Waals surface area contributed by atoms with Crippen molar-refractivity contribution in [1.29, 1.82) is 5.41 Å². The summed E-state index contributed by atoms with van der Waals surface area (Å²) >= 11 is 0. The third kappa shape index (κ3) is 71.0. The molecule has 0 bridgehead atoms. The minimum atomic E-state index is -1.08. The van der Waals surface area contributed by atoms with E-state index in [-0.39, 0.29) is 11.9 Å². The van der Waals surface area contributed by atoms with Gasteiger partial charge in [-0.1, -0.05) is 45.4 Å². The summed E-state index contributed by atoms with van der Waals surface area (Å²) in [7, 11) is 0. The topological polar surface area (TPSA) is 139 Å². The molecule has 125 valence electrons. The maximum atomic E-state index is 10.4. The molecule has 0 saturated heterocycles. The van der Waals surface area contributed by atoms with Gasteiger partial charge in [-0.25, -0.2) is 9.90 Å². The van der Waals surface area contributed by atoms with E-state index in [0.717, 1.165) is 13.3 Å². The van der Waals surface area contributed by atoms with E-state index >= 15 is 0 Å². The van der Waals surface area contributed by atoms with E-state index in [0.29, 0.717) is 6.61 Å². The number of carbonyl (C=O) groups excluding carboxylic acids is 2. The quantitative estimate of drug-likeness (QED) is 0.273. The fourth-order valence-corrected chi connectivity index (χ4v) is 1.28. The molecule has 0 aromatic rings. The Labute approximate surface area is 127 Å². The summed E-state index contributed by atoms with van der Waals surface area (Å²) in [6.45, 7) is 5.26. The highest BCUT2D eigenvalue weighted by Crippen LogP contribution is 2.06. The molecule has 7 nitrogen and oxygen atoms in total. The Kier molecular flexibility index (Phi) is 23.7. The van der Waals surface area contributed by atoms with Gasteiger partial charge in [-0.3, -0.25) is 10.2 Å². The minimum Gasteiger partial charge on any atom is -0.466 e. The van der Waals surface area contributed by atoms with Crippen LogP contribution in [0.2, 0.25) is 0 Å². The average molecular weight is 304 g/mol. The molecule has 21 heavy (non-hydrogen) atoms. The number of hydrogen-bond acceptors (Lipinski definition) is 4. The van der Waals surface area contributed by atoms with Gasteiger partial charge in [0.25, 0.3) is 0 Å². The molecule has 0 rings (SSSR count). The van der Waals surface area contributed by atoms with E-state index in [1.807, 2.05) is 0 Å². The van der Waals surface area contributed by atoms with Crippen LogP contribution in [-0.4, -0.2) is 24.5 Å². The highest BCUT2D eigenvalue weighted by atomic mass is 16.5. The summed E-state index contributed by atoms with van der Waals surface area (Å²) in [6, 6.07) is 0. The molecular weight excluding hydrogens is 274 g/mol. The average Bonchev–Trinajstić information content (AvgIpc) is 2.31. The van der Waals surface area contributed by atoms with Gasteiger partial charge in [0.2, 0.25) is 0 Å². The third-order valence-electron chi connectivity index (χ3n) is 2.05. The molecule has 0 aromatic carbocycles. The smallest absolute Gasteiger partial charge is 0.352 e. The molecule has 0 aliphatic rings. The second-order valence-electron chi connectivity index (χ2n) is 4.41. The largest absolute Gasteiger partial charge is 0.466 e. The van der Waals surface area contributed by atoms with Gasteiger partial charge in [-0.15, -0.1) is 0 Å². The zero-order valence-corrected chi connectivity index (χ0v) is 13.4. The van der Waals surface area contributed by atoms with Gasteiger partial charge in [-0.05, 0) is 6.42 Å². The number of unbranched alkanes of at least 4 members (excludes halogenated alkanes) is 6. The van der Waals surface area contributed by atoms with Gasteiger partial charge >= 0.3 is 11.9 Å². The summed E-state index contributed by atoms with van der Waals surface area (Å²) in [5, 5.41) is 14.9. The molecule has 0 heterocycles.